The maximum absolute atomic E-state index is 12.6. The van der Waals surface area contributed by atoms with Crippen LogP contribution in [0.5, 0.6) is 0 Å². The quantitative estimate of drug-likeness (QED) is 0.160. The molecule has 0 aromatic heterocycles. The summed E-state index contributed by atoms with van der Waals surface area (Å²) in [6, 6.07) is 2.15. The first-order valence-corrected chi connectivity index (χ1v) is 23.6. The van der Waals surface area contributed by atoms with Crippen molar-refractivity contribution in [1.82, 2.24) is 0 Å². The molecule has 0 spiro atoms. The molecule has 11 aliphatic rings. The van der Waals surface area contributed by atoms with Crippen LogP contribution >= 0.6 is 0 Å². The van der Waals surface area contributed by atoms with Crippen molar-refractivity contribution in [2.24, 2.45) is 63.1 Å². The van der Waals surface area contributed by atoms with Gasteiger partial charge in [0.05, 0.1) is 33.5 Å². The minimum absolute atomic E-state index is 0.0364. The highest BCUT2D eigenvalue weighted by atomic mass is 16.6. The van der Waals surface area contributed by atoms with E-state index in [-0.39, 0.29) is 52.8 Å². The second-order valence-electron chi connectivity index (χ2n) is 23.4. The summed E-state index contributed by atoms with van der Waals surface area (Å²) in [6.45, 7) is 19.7. The maximum atomic E-state index is 12.6. The first-order valence-electron chi connectivity index (χ1n) is 23.6. The number of carbonyl (C=O) groups excluding carboxylic acids is 4. The van der Waals surface area contributed by atoms with Crippen LogP contribution in [0, 0.1) is 74.4 Å². The van der Waals surface area contributed by atoms with Crippen molar-refractivity contribution in [2.75, 3.05) is 0 Å². The molecule has 0 amide bonds. The number of nitrogens with zero attached hydrogens (tertiary/aromatic N) is 1. The van der Waals surface area contributed by atoms with Gasteiger partial charge in [-0.25, -0.2) is 0 Å². The van der Waals surface area contributed by atoms with E-state index in [0.29, 0.717) is 43.9 Å². The molecule has 7 atom stereocenters. The summed E-state index contributed by atoms with van der Waals surface area (Å²) in [7, 11) is 0. The highest BCUT2D eigenvalue weighted by Crippen LogP contribution is 2.64. The van der Waals surface area contributed by atoms with Crippen molar-refractivity contribution in [3.63, 3.8) is 0 Å². The highest BCUT2D eigenvalue weighted by molar-refractivity contribution is 5.85. The predicted octanol–water partition coefficient (Wildman–Crippen LogP) is 8.54. The first kappa shape index (κ1) is 45.3. The number of carbonyl (C=O) groups is 4. The fourth-order valence-corrected chi connectivity index (χ4v) is 13.8. The molecule has 10 bridgehead atoms. The summed E-state index contributed by atoms with van der Waals surface area (Å²) >= 11 is 0. The second kappa shape index (κ2) is 15.2. The third kappa shape index (κ3) is 7.61. The Hall–Kier alpha value is -2.71. The van der Waals surface area contributed by atoms with E-state index in [1.165, 1.54) is 32.1 Å². The molecule has 60 heavy (non-hydrogen) atoms. The molecule has 11 fully saturated rings. The van der Waals surface area contributed by atoms with Gasteiger partial charge >= 0.3 is 23.9 Å². The van der Waals surface area contributed by atoms with E-state index in [2.05, 4.69) is 19.9 Å². The summed E-state index contributed by atoms with van der Waals surface area (Å²) in [6.07, 6.45) is 14.1. The lowest BCUT2D eigenvalue weighted by molar-refractivity contribution is -0.264. The molecule has 11 rings (SSSR count). The van der Waals surface area contributed by atoms with Gasteiger partial charge < -0.3 is 29.2 Å². The van der Waals surface area contributed by atoms with Crippen LogP contribution in [-0.4, -0.2) is 68.7 Å². The van der Waals surface area contributed by atoms with Gasteiger partial charge in [0.25, 0.3) is 0 Å². The molecule has 0 aromatic carbocycles. The number of ether oxygens (including phenoxy) is 4. The Morgan fingerprint density at radius 3 is 1.67 bits per heavy atom. The minimum atomic E-state index is -0.974. The van der Waals surface area contributed by atoms with Crippen molar-refractivity contribution in [3.8, 4) is 6.07 Å². The van der Waals surface area contributed by atoms with Crippen LogP contribution < -0.4 is 0 Å². The molecule has 10 saturated carbocycles. The molecular weight excluding hydrogens is 763 g/mol. The van der Waals surface area contributed by atoms with E-state index in [9.17, 15) is 34.7 Å². The van der Waals surface area contributed by atoms with Crippen molar-refractivity contribution < 1.29 is 48.3 Å². The Bertz CT molecular complexity index is 1710. The fraction of sp³-hybridized carbons (Fsp3) is 0.898. The molecule has 0 aromatic rings. The van der Waals surface area contributed by atoms with Gasteiger partial charge in [-0.15, -0.1) is 0 Å². The molecule has 2 N–H and O–H groups in total. The van der Waals surface area contributed by atoms with Gasteiger partial charge in [-0.2, -0.15) is 5.26 Å². The van der Waals surface area contributed by atoms with Gasteiger partial charge in [-0.05, 0) is 161 Å². The Balaban J connectivity index is 0.000000136. The average Bonchev–Trinajstić information content (AvgIpc) is 3.77. The summed E-state index contributed by atoms with van der Waals surface area (Å²) in [5, 5.41) is 30.6. The number of fused-ring (bicyclic) bond motifs is 1. The second-order valence-corrected chi connectivity index (χ2v) is 23.4. The number of hydrogen-bond acceptors (Lipinski definition) is 11. The predicted molar refractivity (Wildman–Crippen MR) is 222 cm³/mol. The molecule has 1 saturated heterocycles. The molecule has 336 valence electrons. The molecule has 11 heteroatoms. The Kier molecular flexibility index (Phi) is 11.5. The molecular formula is C49H75NO10. The van der Waals surface area contributed by atoms with E-state index in [1.807, 2.05) is 55.4 Å². The van der Waals surface area contributed by atoms with E-state index in [0.717, 1.165) is 56.8 Å². The monoisotopic (exact) mass is 838 g/mol. The Labute approximate surface area is 358 Å². The van der Waals surface area contributed by atoms with Crippen LogP contribution in [0.25, 0.3) is 0 Å². The lowest BCUT2D eigenvalue weighted by Crippen LogP contribution is -2.67. The summed E-state index contributed by atoms with van der Waals surface area (Å²) in [5.41, 5.74) is -4.81. The van der Waals surface area contributed by atoms with Crippen molar-refractivity contribution in [1.29, 1.82) is 5.26 Å². The van der Waals surface area contributed by atoms with E-state index in [4.69, 9.17) is 18.9 Å². The smallest absolute Gasteiger partial charge is 0.327 e. The zero-order valence-corrected chi connectivity index (χ0v) is 38.3. The minimum Gasteiger partial charge on any atom is -0.458 e. The normalized spacial score (nSPS) is 43.6. The van der Waals surface area contributed by atoms with Gasteiger partial charge in [-0.3, -0.25) is 19.2 Å². The van der Waals surface area contributed by atoms with Crippen molar-refractivity contribution >= 4 is 23.9 Å². The third-order valence-corrected chi connectivity index (χ3v) is 17.9. The molecule has 0 radical (unpaired) electrons. The average molecular weight is 838 g/mol. The number of esters is 4. The van der Waals surface area contributed by atoms with Crippen LogP contribution in [0.4, 0.5) is 0 Å². The van der Waals surface area contributed by atoms with Gasteiger partial charge in [0.2, 0.25) is 0 Å². The topological polar surface area (TPSA) is 169 Å². The summed E-state index contributed by atoms with van der Waals surface area (Å²) in [5.74, 6) is 2.54. The van der Waals surface area contributed by atoms with Gasteiger partial charge in [0.1, 0.15) is 23.4 Å². The third-order valence-electron chi connectivity index (χ3n) is 17.9. The van der Waals surface area contributed by atoms with Crippen LogP contribution in [-0.2, 0) is 38.1 Å². The van der Waals surface area contributed by atoms with E-state index in [1.54, 1.807) is 0 Å². The zero-order valence-electron chi connectivity index (χ0n) is 38.3. The molecule has 1 aliphatic heterocycles. The van der Waals surface area contributed by atoms with E-state index >= 15 is 0 Å². The van der Waals surface area contributed by atoms with Crippen molar-refractivity contribution in [2.45, 2.75) is 213 Å². The van der Waals surface area contributed by atoms with Crippen LogP contribution in [0.3, 0.4) is 0 Å². The Morgan fingerprint density at radius 2 is 1.20 bits per heavy atom. The van der Waals surface area contributed by atoms with Crippen molar-refractivity contribution in [3.05, 3.63) is 0 Å². The first-order chi connectivity index (χ1) is 27.9. The summed E-state index contributed by atoms with van der Waals surface area (Å²) in [4.78, 5) is 49.2. The van der Waals surface area contributed by atoms with E-state index < -0.39 is 45.1 Å². The molecule has 7 unspecified atom stereocenters. The molecule has 10 aliphatic carbocycles. The largest absolute Gasteiger partial charge is 0.458 e. The van der Waals surface area contributed by atoms with Gasteiger partial charge in [0, 0.05) is 31.1 Å². The summed E-state index contributed by atoms with van der Waals surface area (Å²) < 4.78 is 23.2. The SMILES string of the molecule is CCC(C)(C)C(=O)OC1(CC)C2CC3CC(C2)CC1C3.CCC(C)(C)C(=O)OC12CC3CC(O)(CC(O)(C3)C1)C2.CCC(C)(C)C(=O)OC1C2CC3C1OC(=O)C3(C#N)C2. The van der Waals surface area contributed by atoms with Gasteiger partial charge in [-0.1, -0.05) is 27.7 Å². The maximum Gasteiger partial charge on any atom is 0.327 e. The molecule has 1 heterocycles. The lowest BCUT2D eigenvalue weighted by atomic mass is 9.49. The zero-order chi connectivity index (χ0) is 44.1. The van der Waals surface area contributed by atoms with Crippen LogP contribution in [0.15, 0.2) is 0 Å². The number of nitriles is 1. The fourth-order valence-electron chi connectivity index (χ4n) is 13.8. The number of rotatable bonds is 10. The highest BCUT2D eigenvalue weighted by Gasteiger charge is 2.72. The molecule has 11 nitrogen and oxygen atoms in total. The number of hydrogen-bond donors (Lipinski definition) is 2. The van der Waals surface area contributed by atoms with Crippen LogP contribution in [0.1, 0.15) is 178 Å². The van der Waals surface area contributed by atoms with Crippen LogP contribution in [0.2, 0.25) is 0 Å². The standard InChI is InChI=1S/C18H30O2.C16H26O4.C15H19NO4/c1-5-17(3,4)16(19)20-18(6-2)14-8-12-7-13(10-14)11-15(18)9-12;1-4-13(2,3)12(17)20-16-7-11-5-14(18,9-16)8-15(19,6-11)10-16;1-4-14(2,3)12(17)19-10-8-5-9-11(10)20-13(18)15(9,6-8)7-16/h12-15H,5-11H2,1-4H3;11,18-19H,4-10H2,1-3H3;8-11H,4-6H2,1-3H3. The lowest BCUT2D eigenvalue weighted by Gasteiger charge is -2.62. The number of aliphatic hydroxyl groups is 2. The Morgan fingerprint density at radius 1 is 0.700 bits per heavy atom. The van der Waals surface area contributed by atoms with Gasteiger partial charge in [0.15, 0.2) is 5.41 Å².